The van der Waals surface area contributed by atoms with Gasteiger partial charge in [-0.15, -0.1) is 0 Å². The first-order valence-electron chi connectivity index (χ1n) is 10.7. The van der Waals surface area contributed by atoms with Crippen molar-refractivity contribution in [3.05, 3.63) is 48.0 Å². The average Bonchev–Trinajstić information content (AvgIpc) is 3.22. The van der Waals surface area contributed by atoms with Gasteiger partial charge in [0.25, 0.3) is 5.91 Å². The Labute approximate surface area is 192 Å². The molecule has 0 radical (unpaired) electrons. The van der Waals surface area contributed by atoms with Gasteiger partial charge in [-0.2, -0.15) is 0 Å². The monoisotopic (exact) mass is 473 g/mol. The van der Waals surface area contributed by atoms with Gasteiger partial charge in [-0.1, -0.05) is 24.7 Å². The predicted molar refractivity (Wildman–Crippen MR) is 128 cm³/mol. The molecule has 170 valence electrons. The summed E-state index contributed by atoms with van der Waals surface area (Å²) in [6.45, 7) is 5.39. The SMILES string of the molecule is CCCCOc1ccc(C(=O)N2CCN(c3nc4ccc(S(C)(=O)=O)cc4s3)CC2)cc1. The molecule has 2 heterocycles. The Balaban J connectivity index is 1.38. The van der Waals surface area contributed by atoms with Crippen LogP contribution in [0.25, 0.3) is 10.2 Å². The molecule has 1 saturated heterocycles. The maximum atomic E-state index is 12.9. The number of unbranched alkanes of at least 4 members (excludes halogenated alkanes) is 1. The zero-order chi connectivity index (χ0) is 22.7. The zero-order valence-corrected chi connectivity index (χ0v) is 19.9. The molecule has 1 aliphatic heterocycles. The van der Waals surface area contributed by atoms with Crippen LogP contribution in [-0.2, 0) is 9.84 Å². The van der Waals surface area contributed by atoms with E-state index in [2.05, 4.69) is 16.8 Å². The molecular weight excluding hydrogens is 446 g/mol. The summed E-state index contributed by atoms with van der Waals surface area (Å²) in [7, 11) is -3.25. The number of thiazole rings is 1. The number of anilines is 1. The summed E-state index contributed by atoms with van der Waals surface area (Å²) in [5.41, 5.74) is 1.45. The zero-order valence-electron chi connectivity index (χ0n) is 18.3. The molecule has 2 aromatic carbocycles. The maximum absolute atomic E-state index is 12.9. The first-order chi connectivity index (χ1) is 15.3. The van der Waals surface area contributed by atoms with E-state index in [-0.39, 0.29) is 5.91 Å². The highest BCUT2D eigenvalue weighted by Gasteiger charge is 2.24. The molecule has 0 unspecified atom stereocenters. The molecule has 0 N–H and O–H groups in total. The van der Waals surface area contributed by atoms with Gasteiger partial charge in [-0.25, -0.2) is 13.4 Å². The van der Waals surface area contributed by atoms with Gasteiger partial charge >= 0.3 is 0 Å². The van der Waals surface area contributed by atoms with E-state index in [1.54, 1.807) is 18.2 Å². The van der Waals surface area contributed by atoms with Crippen molar-refractivity contribution in [3.63, 3.8) is 0 Å². The normalized spacial score (nSPS) is 14.7. The highest BCUT2D eigenvalue weighted by atomic mass is 32.2. The van der Waals surface area contributed by atoms with Crippen molar-refractivity contribution in [2.45, 2.75) is 24.7 Å². The summed E-state index contributed by atoms with van der Waals surface area (Å²) in [5, 5.41) is 0.853. The van der Waals surface area contributed by atoms with Gasteiger partial charge in [0.05, 0.1) is 21.7 Å². The number of benzene rings is 2. The second kappa shape index (κ2) is 9.46. The lowest BCUT2D eigenvalue weighted by Crippen LogP contribution is -2.48. The average molecular weight is 474 g/mol. The lowest BCUT2D eigenvalue weighted by atomic mass is 10.1. The lowest BCUT2D eigenvalue weighted by Gasteiger charge is -2.34. The van der Waals surface area contributed by atoms with Gasteiger partial charge < -0.3 is 14.5 Å². The van der Waals surface area contributed by atoms with Gasteiger partial charge in [0, 0.05) is 38.0 Å². The number of carbonyl (C=O) groups is 1. The standard InChI is InChI=1S/C23H27N3O4S2/c1-3-4-15-30-18-7-5-17(6-8-18)22(27)25-11-13-26(14-12-25)23-24-20-10-9-19(32(2,28)29)16-21(20)31-23/h5-10,16H,3-4,11-15H2,1-2H3. The third-order valence-electron chi connectivity index (χ3n) is 5.48. The molecule has 4 rings (SSSR count). The number of ether oxygens (including phenoxy) is 1. The van der Waals surface area contributed by atoms with Crippen LogP contribution in [0.1, 0.15) is 30.1 Å². The third kappa shape index (κ3) is 5.05. The molecule has 1 fully saturated rings. The Morgan fingerprint density at radius 1 is 1.09 bits per heavy atom. The van der Waals surface area contributed by atoms with Crippen molar-refractivity contribution in [2.24, 2.45) is 0 Å². The van der Waals surface area contributed by atoms with Crippen molar-refractivity contribution in [1.82, 2.24) is 9.88 Å². The molecule has 9 heteroatoms. The second-order valence-corrected chi connectivity index (χ2v) is 10.9. The van der Waals surface area contributed by atoms with Crippen molar-refractivity contribution in [3.8, 4) is 5.75 Å². The van der Waals surface area contributed by atoms with Gasteiger partial charge in [0.15, 0.2) is 15.0 Å². The third-order valence-corrected chi connectivity index (χ3v) is 7.67. The van der Waals surface area contributed by atoms with E-state index in [1.807, 2.05) is 29.2 Å². The van der Waals surface area contributed by atoms with Gasteiger partial charge in [-0.05, 0) is 48.9 Å². The van der Waals surface area contributed by atoms with Gasteiger partial charge in [0.2, 0.25) is 0 Å². The number of piperazine rings is 1. The molecule has 1 aliphatic rings. The van der Waals surface area contributed by atoms with E-state index in [9.17, 15) is 13.2 Å². The number of amides is 1. The molecular formula is C23H27N3O4S2. The molecule has 0 aliphatic carbocycles. The molecule has 1 aromatic heterocycles. The fraction of sp³-hybridized carbons (Fsp3) is 0.391. The van der Waals surface area contributed by atoms with E-state index in [0.717, 1.165) is 33.9 Å². The van der Waals surface area contributed by atoms with Crippen LogP contribution in [0.3, 0.4) is 0 Å². The maximum Gasteiger partial charge on any atom is 0.253 e. The summed E-state index contributed by atoms with van der Waals surface area (Å²) in [5.74, 6) is 0.807. The first kappa shape index (κ1) is 22.5. The van der Waals surface area contributed by atoms with Crippen LogP contribution in [0.15, 0.2) is 47.4 Å². The summed E-state index contributed by atoms with van der Waals surface area (Å²) in [6.07, 6.45) is 3.30. The molecule has 3 aromatic rings. The summed E-state index contributed by atoms with van der Waals surface area (Å²) in [6, 6.07) is 12.4. The van der Waals surface area contributed by atoms with E-state index < -0.39 is 9.84 Å². The van der Waals surface area contributed by atoms with Crippen molar-refractivity contribution >= 4 is 42.4 Å². The minimum absolute atomic E-state index is 0.0202. The van der Waals surface area contributed by atoms with Crippen LogP contribution in [-0.4, -0.2) is 63.3 Å². The Bertz CT molecular complexity index is 1200. The van der Waals surface area contributed by atoms with E-state index in [4.69, 9.17) is 4.74 Å². The predicted octanol–water partition coefficient (Wildman–Crippen LogP) is 3.84. The van der Waals surface area contributed by atoms with E-state index in [0.29, 0.717) is 43.2 Å². The summed E-state index contributed by atoms with van der Waals surface area (Å²) in [4.78, 5) is 21.9. The first-order valence-corrected chi connectivity index (χ1v) is 13.4. The van der Waals surface area contributed by atoms with Gasteiger partial charge in [0.1, 0.15) is 5.75 Å². The van der Waals surface area contributed by atoms with Crippen LogP contribution in [0.4, 0.5) is 5.13 Å². The number of aromatic nitrogens is 1. The quantitative estimate of drug-likeness (QED) is 0.485. The number of hydrogen-bond acceptors (Lipinski definition) is 7. The second-order valence-electron chi connectivity index (χ2n) is 7.90. The topological polar surface area (TPSA) is 79.8 Å². The van der Waals surface area contributed by atoms with Crippen LogP contribution < -0.4 is 9.64 Å². The van der Waals surface area contributed by atoms with Crippen molar-refractivity contribution in [2.75, 3.05) is 43.9 Å². The molecule has 0 saturated carbocycles. The smallest absolute Gasteiger partial charge is 0.253 e. The molecule has 32 heavy (non-hydrogen) atoms. The minimum atomic E-state index is -3.25. The largest absolute Gasteiger partial charge is 0.494 e. The molecule has 0 spiro atoms. The number of carbonyl (C=O) groups excluding carboxylic acids is 1. The number of fused-ring (bicyclic) bond motifs is 1. The molecule has 0 bridgehead atoms. The number of sulfone groups is 1. The van der Waals surface area contributed by atoms with Crippen LogP contribution in [0.2, 0.25) is 0 Å². The van der Waals surface area contributed by atoms with Crippen LogP contribution >= 0.6 is 11.3 Å². The summed E-state index contributed by atoms with van der Waals surface area (Å²) < 4.78 is 30.1. The van der Waals surface area contributed by atoms with Crippen molar-refractivity contribution < 1.29 is 17.9 Å². The van der Waals surface area contributed by atoms with Crippen molar-refractivity contribution in [1.29, 1.82) is 0 Å². The fourth-order valence-electron chi connectivity index (χ4n) is 3.57. The summed E-state index contributed by atoms with van der Waals surface area (Å²) >= 11 is 1.48. The van der Waals surface area contributed by atoms with E-state index in [1.165, 1.54) is 17.6 Å². The molecule has 7 nitrogen and oxygen atoms in total. The van der Waals surface area contributed by atoms with Gasteiger partial charge in [-0.3, -0.25) is 4.79 Å². The fourth-order valence-corrected chi connectivity index (χ4v) is 5.35. The Hall–Kier alpha value is -2.65. The van der Waals surface area contributed by atoms with Crippen LogP contribution in [0, 0.1) is 0 Å². The molecule has 1 amide bonds. The Morgan fingerprint density at radius 2 is 1.81 bits per heavy atom. The number of hydrogen-bond donors (Lipinski definition) is 0. The Kier molecular flexibility index (Phi) is 6.66. The van der Waals surface area contributed by atoms with Crippen LogP contribution in [0.5, 0.6) is 5.75 Å². The Morgan fingerprint density at radius 3 is 2.47 bits per heavy atom. The number of rotatable bonds is 7. The van der Waals surface area contributed by atoms with E-state index >= 15 is 0 Å². The number of nitrogens with zero attached hydrogens (tertiary/aromatic N) is 3. The highest BCUT2D eigenvalue weighted by molar-refractivity contribution is 7.90. The molecule has 0 atom stereocenters. The minimum Gasteiger partial charge on any atom is -0.494 e. The highest BCUT2D eigenvalue weighted by Crippen LogP contribution is 2.31. The lowest BCUT2D eigenvalue weighted by molar-refractivity contribution is 0.0746.